The lowest BCUT2D eigenvalue weighted by Crippen LogP contribution is -2.40. The molecule has 7 heteroatoms. The van der Waals surface area contributed by atoms with Gasteiger partial charge in [-0.05, 0) is 37.3 Å². The van der Waals surface area contributed by atoms with Crippen molar-refractivity contribution in [2.75, 3.05) is 46.6 Å². The summed E-state index contributed by atoms with van der Waals surface area (Å²) in [4.78, 5) is 28.9. The second-order valence-corrected chi connectivity index (χ2v) is 7.68. The van der Waals surface area contributed by atoms with E-state index in [9.17, 15) is 9.59 Å². The first-order valence-electron chi connectivity index (χ1n) is 8.94. The van der Waals surface area contributed by atoms with Crippen LogP contribution in [0.3, 0.4) is 0 Å². The number of rotatable bonds is 6. The molecular weight excluding hydrogens is 340 g/mol. The van der Waals surface area contributed by atoms with Crippen molar-refractivity contribution in [1.82, 2.24) is 10.2 Å². The number of methoxy groups -OCH3 is 1. The van der Waals surface area contributed by atoms with Crippen molar-refractivity contribution in [1.29, 1.82) is 0 Å². The van der Waals surface area contributed by atoms with Gasteiger partial charge in [0.1, 0.15) is 0 Å². The molecule has 25 heavy (non-hydrogen) atoms. The van der Waals surface area contributed by atoms with Crippen molar-refractivity contribution < 1.29 is 19.1 Å². The van der Waals surface area contributed by atoms with Gasteiger partial charge in [0.15, 0.2) is 0 Å². The highest BCUT2D eigenvalue weighted by Gasteiger charge is 2.28. The summed E-state index contributed by atoms with van der Waals surface area (Å²) in [5, 5.41) is 2.99. The molecule has 6 nitrogen and oxygen atoms in total. The fourth-order valence-electron chi connectivity index (χ4n) is 3.35. The summed E-state index contributed by atoms with van der Waals surface area (Å²) in [6.45, 7) is 3.86. The largest absolute Gasteiger partial charge is 0.385 e. The van der Waals surface area contributed by atoms with E-state index in [2.05, 4.69) is 5.32 Å². The van der Waals surface area contributed by atoms with Gasteiger partial charge in [-0.3, -0.25) is 9.59 Å². The first-order valence-corrected chi connectivity index (χ1v) is 9.76. The quantitative estimate of drug-likeness (QED) is 0.775. The zero-order valence-electron chi connectivity index (χ0n) is 14.7. The van der Waals surface area contributed by atoms with Gasteiger partial charge < -0.3 is 19.7 Å². The van der Waals surface area contributed by atoms with Gasteiger partial charge in [0.25, 0.3) is 5.91 Å². The van der Waals surface area contributed by atoms with Crippen molar-refractivity contribution in [3.8, 4) is 0 Å². The minimum atomic E-state index is 0.0102. The number of carbonyl (C=O) groups excluding carboxylic acids is 2. The Labute approximate surface area is 152 Å². The third kappa shape index (κ3) is 4.59. The number of hydrogen-bond acceptors (Lipinski definition) is 5. The van der Waals surface area contributed by atoms with E-state index in [4.69, 9.17) is 9.47 Å². The highest BCUT2D eigenvalue weighted by Crippen LogP contribution is 2.33. The standard InChI is InChI=1S/C18H26N2O4S/c1-23-8-2-5-19-17(21)13-3-4-15-14(11-13)12-16(25-15)18(22)20-6-9-24-10-7-20/h12-13H,2-11H2,1H3,(H,19,21)/t13-/m1/s1. The Balaban J connectivity index is 1.57. The molecule has 1 aliphatic heterocycles. The predicted molar refractivity (Wildman–Crippen MR) is 96.1 cm³/mol. The van der Waals surface area contributed by atoms with E-state index >= 15 is 0 Å². The number of hydrogen-bond donors (Lipinski definition) is 1. The van der Waals surface area contributed by atoms with Crippen molar-refractivity contribution >= 4 is 23.2 Å². The van der Waals surface area contributed by atoms with Crippen LogP contribution in [0.5, 0.6) is 0 Å². The number of aryl methyl sites for hydroxylation is 1. The fourth-order valence-corrected chi connectivity index (χ4v) is 4.52. The molecule has 0 bridgehead atoms. The van der Waals surface area contributed by atoms with Gasteiger partial charge in [0.05, 0.1) is 18.1 Å². The first kappa shape index (κ1) is 18.4. The monoisotopic (exact) mass is 366 g/mol. The van der Waals surface area contributed by atoms with Crippen molar-refractivity contribution in [3.63, 3.8) is 0 Å². The Morgan fingerprint density at radius 3 is 2.96 bits per heavy atom. The van der Waals surface area contributed by atoms with Gasteiger partial charge in [-0.2, -0.15) is 0 Å². The molecule has 2 aliphatic rings. The zero-order valence-corrected chi connectivity index (χ0v) is 15.5. The van der Waals surface area contributed by atoms with E-state index in [0.29, 0.717) is 39.5 Å². The Morgan fingerprint density at radius 2 is 2.20 bits per heavy atom. The van der Waals surface area contributed by atoms with Gasteiger partial charge >= 0.3 is 0 Å². The molecule has 0 unspecified atom stereocenters. The van der Waals surface area contributed by atoms with Crippen LogP contribution in [0.25, 0.3) is 0 Å². The third-order valence-corrected chi connectivity index (χ3v) is 6.01. The summed E-state index contributed by atoms with van der Waals surface area (Å²) >= 11 is 1.60. The van der Waals surface area contributed by atoms with Gasteiger partial charge in [0, 0.05) is 44.1 Å². The molecule has 1 aliphatic carbocycles. The Hall–Kier alpha value is -1.44. The zero-order chi connectivity index (χ0) is 17.6. The second-order valence-electron chi connectivity index (χ2n) is 6.54. The summed E-state index contributed by atoms with van der Waals surface area (Å²) in [6, 6.07) is 2.00. The van der Waals surface area contributed by atoms with Crippen molar-refractivity contribution in [3.05, 3.63) is 21.4 Å². The number of amides is 2. The van der Waals surface area contributed by atoms with Crippen LogP contribution in [0.15, 0.2) is 6.07 Å². The maximum atomic E-state index is 12.6. The number of morpholine rings is 1. The molecule has 1 aromatic heterocycles. The van der Waals surface area contributed by atoms with E-state index in [-0.39, 0.29) is 17.7 Å². The van der Waals surface area contributed by atoms with Gasteiger partial charge in [-0.25, -0.2) is 0 Å². The normalized spacial score (nSPS) is 20.2. The van der Waals surface area contributed by atoms with Crippen LogP contribution in [0, 0.1) is 5.92 Å². The van der Waals surface area contributed by atoms with E-state index < -0.39 is 0 Å². The van der Waals surface area contributed by atoms with Gasteiger partial charge in [-0.1, -0.05) is 0 Å². The topological polar surface area (TPSA) is 67.9 Å². The van der Waals surface area contributed by atoms with Crippen molar-refractivity contribution in [2.45, 2.75) is 25.7 Å². The fraction of sp³-hybridized carbons (Fsp3) is 0.667. The molecule has 0 saturated carbocycles. The number of thiophene rings is 1. The van der Waals surface area contributed by atoms with E-state index in [1.165, 1.54) is 10.4 Å². The van der Waals surface area contributed by atoms with Crippen LogP contribution >= 0.6 is 11.3 Å². The second kappa shape index (κ2) is 8.78. The smallest absolute Gasteiger partial charge is 0.264 e. The molecule has 138 valence electrons. The molecule has 1 saturated heterocycles. The molecule has 0 radical (unpaired) electrons. The average molecular weight is 366 g/mol. The van der Waals surface area contributed by atoms with Gasteiger partial charge in [-0.15, -0.1) is 11.3 Å². The molecule has 0 aromatic carbocycles. The Bertz CT molecular complexity index is 610. The van der Waals surface area contributed by atoms with Crippen LogP contribution in [0.2, 0.25) is 0 Å². The predicted octanol–water partition coefficient (Wildman–Crippen LogP) is 1.48. The highest BCUT2D eigenvalue weighted by molar-refractivity contribution is 7.14. The maximum absolute atomic E-state index is 12.6. The summed E-state index contributed by atoms with van der Waals surface area (Å²) in [5.41, 5.74) is 1.17. The molecule has 0 spiro atoms. The molecule has 1 fully saturated rings. The Kier molecular flexibility index (Phi) is 6.45. The van der Waals surface area contributed by atoms with Crippen molar-refractivity contribution in [2.24, 2.45) is 5.92 Å². The Morgan fingerprint density at radius 1 is 1.40 bits per heavy atom. The molecule has 2 heterocycles. The van der Waals surface area contributed by atoms with Crippen LogP contribution in [-0.2, 0) is 27.1 Å². The minimum absolute atomic E-state index is 0.0102. The summed E-state index contributed by atoms with van der Waals surface area (Å²) in [6.07, 6.45) is 3.30. The van der Waals surface area contributed by atoms with Crippen LogP contribution in [-0.4, -0.2) is 63.3 Å². The third-order valence-electron chi connectivity index (χ3n) is 4.79. The summed E-state index contributed by atoms with van der Waals surface area (Å²) < 4.78 is 10.3. The first-order chi connectivity index (χ1) is 12.2. The van der Waals surface area contributed by atoms with Crippen LogP contribution in [0.1, 0.15) is 33.0 Å². The molecule has 3 rings (SSSR count). The van der Waals surface area contributed by atoms with E-state index in [1.807, 2.05) is 11.0 Å². The minimum Gasteiger partial charge on any atom is -0.385 e. The van der Waals surface area contributed by atoms with Crippen LogP contribution < -0.4 is 5.32 Å². The number of ether oxygens (including phenoxy) is 2. The lowest BCUT2D eigenvalue weighted by Gasteiger charge is -2.26. The van der Waals surface area contributed by atoms with Crippen LogP contribution in [0.4, 0.5) is 0 Å². The lowest BCUT2D eigenvalue weighted by molar-refractivity contribution is -0.125. The van der Waals surface area contributed by atoms with E-state index in [0.717, 1.165) is 30.6 Å². The van der Waals surface area contributed by atoms with E-state index in [1.54, 1.807) is 18.4 Å². The molecule has 1 atom stereocenters. The molecular formula is C18H26N2O4S. The molecule has 2 amide bonds. The SMILES string of the molecule is COCCCNC(=O)[C@@H]1CCc2sc(C(=O)N3CCOCC3)cc2C1. The lowest BCUT2D eigenvalue weighted by atomic mass is 9.87. The van der Waals surface area contributed by atoms with Gasteiger partial charge in [0.2, 0.25) is 5.91 Å². The summed E-state index contributed by atoms with van der Waals surface area (Å²) in [7, 11) is 1.66. The number of nitrogens with zero attached hydrogens (tertiary/aromatic N) is 1. The summed E-state index contributed by atoms with van der Waals surface area (Å²) in [5.74, 6) is 0.230. The molecule has 1 aromatic rings. The molecule has 1 N–H and O–H groups in total. The maximum Gasteiger partial charge on any atom is 0.264 e. The number of fused-ring (bicyclic) bond motifs is 1. The number of nitrogens with one attached hydrogen (secondary N) is 1. The number of carbonyl (C=O) groups is 2. The average Bonchev–Trinajstić information content (AvgIpc) is 3.08. The highest BCUT2D eigenvalue weighted by atomic mass is 32.1.